The van der Waals surface area contributed by atoms with Crippen LogP contribution < -0.4 is 10.6 Å². The molecule has 24 heavy (non-hydrogen) atoms. The van der Waals surface area contributed by atoms with Crippen LogP contribution in [0.15, 0.2) is 73.1 Å². The molecule has 3 rings (SSSR count). The zero-order chi connectivity index (χ0) is 16.6. The van der Waals surface area contributed by atoms with Crippen LogP contribution >= 0.6 is 0 Å². The third-order valence-electron chi connectivity index (χ3n) is 3.50. The highest BCUT2D eigenvalue weighted by Gasteiger charge is 2.09. The topological polar surface area (TPSA) is 66.9 Å². The predicted octanol–water partition coefficient (Wildman–Crippen LogP) is 3.38. The van der Waals surface area contributed by atoms with Gasteiger partial charge in [-0.1, -0.05) is 24.3 Å². The minimum Gasteiger partial charge on any atom is -0.383 e. The van der Waals surface area contributed by atoms with Gasteiger partial charge in [0, 0.05) is 31.1 Å². The Morgan fingerprint density at radius 3 is 2.25 bits per heavy atom. The van der Waals surface area contributed by atoms with Crippen LogP contribution in [-0.4, -0.2) is 22.4 Å². The molecular formula is C19H18N4O. The lowest BCUT2D eigenvalue weighted by Gasteiger charge is -2.12. The molecule has 2 aromatic heterocycles. The number of nitrogens with one attached hydrogen (secondary N) is 2. The van der Waals surface area contributed by atoms with E-state index >= 15 is 0 Å². The van der Waals surface area contributed by atoms with Crippen molar-refractivity contribution in [2.45, 2.75) is 6.42 Å². The zero-order valence-electron chi connectivity index (χ0n) is 13.1. The summed E-state index contributed by atoms with van der Waals surface area (Å²) in [5, 5.41) is 6.24. The van der Waals surface area contributed by atoms with E-state index in [2.05, 4.69) is 20.6 Å². The van der Waals surface area contributed by atoms with E-state index in [9.17, 15) is 4.79 Å². The molecule has 0 fully saturated rings. The number of anilines is 2. The monoisotopic (exact) mass is 318 g/mol. The third kappa shape index (κ3) is 4.16. The van der Waals surface area contributed by atoms with E-state index in [1.807, 2.05) is 42.5 Å². The summed E-state index contributed by atoms with van der Waals surface area (Å²) in [5.41, 5.74) is 3.02. The number of amides is 1. The van der Waals surface area contributed by atoms with Crippen LogP contribution in [0.5, 0.6) is 0 Å². The van der Waals surface area contributed by atoms with Crippen molar-refractivity contribution in [3.05, 3.63) is 84.4 Å². The highest BCUT2D eigenvalue weighted by molar-refractivity contribution is 6.04. The van der Waals surface area contributed by atoms with Gasteiger partial charge >= 0.3 is 0 Å². The largest absolute Gasteiger partial charge is 0.383 e. The smallest absolute Gasteiger partial charge is 0.274 e. The van der Waals surface area contributed by atoms with Crippen molar-refractivity contribution in [1.29, 1.82) is 0 Å². The predicted molar refractivity (Wildman–Crippen MR) is 95.1 cm³/mol. The van der Waals surface area contributed by atoms with E-state index in [4.69, 9.17) is 0 Å². The fourth-order valence-electron chi connectivity index (χ4n) is 2.30. The summed E-state index contributed by atoms with van der Waals surface area (Å²) in [7, 11) is 0. The highest BCUT2D eigenvalue weighted by Crippen LogP contribution is 2.21. The molecule has 1 aromatic carbocycles. The first kappa shape index (κ1) is 15.7. The molecule has 0 aliphatic rings. The number of nitrogens with zero attached hydrogens (tertiary/aromatic N) is 2. The number of pyridine rings is 2. The Kier molecular flexibility index (Phi) is 5.14. The fourth-order valence-corrected chi connectivity index (χ4v) is 2.30. The molecular weight excluding hydrogens is 300 g/mol. The van der Waals surface area contributed by atoms with E-state index in [1.54, 1.807) is 30.6 Å². The van der Waals surface area contributed by atoms with Gasteiger partial charge in [0.1, 0.15) is 5.69 Å². The molecule has 5 heteroatoms. The lowest BCUT2D eigenvalue weighted by Crippen LogP contribution is -2.15. The van der Waals surface area contributed by atoms with Crippen LogP contribution in [0.1, 0.15) is 16.2 Å². The molecule has 5 nitrogen and oxygen atoms in total. The van der Waals surface area contributed by atoms with Gasteiger partial charge in [-0.15, -0.1) is 0 Å². The molecule has 0 saturated carbocycles. The number of hydrogen-bond acceptors (Lipinski definition) is 4. The summed E-state index contributed by atoms with van der Waals surface area (Å²) in [6.07, 6.45) is 4.20. The molecule has 3 aromatic rings. The van der Waals surface area contributed by atoms with Gasteiger partial charge in [0.05, 0.1) is 11.4 Å². The molecule has 120 valence electrons. The number of carbonyl (C=O) groups excluding carboxylic acids is 1. The normalized spacial score (nSPS) is 10.2. The van der Waals surface area contributed by atoms with Crippen molar-refractivity contribution in [3.63, 3.8) is 0 Å². The summed E-state index contributed by atoms with van der Waals surface area (Å²) in [4.78, 5) is 20.6. The Morgan fingerprint density at radius 2 is 1.54 bits per heavy atom. The second kappa shape index (κ2) is 7.87. The standard InChI is InChI=1S/C19H18N4O/c24-19(18-10-4-6-13-21-18)23-17-9-2-1-8-16(17)22-14-11-15-7-3-5-12-20-15/h1-10,12-13,22H,11,14H2,(H,23,24). The van der Waals surface area contributed by atoms with Gasteiger partial charge in [-0.05, 0) is 36.4 Å². The summed E-state index contributed by atoms with van der Waals surface area (Å²) in [6.45, 7) is 0.730. The first-order valence-corrected chi connectivity index (χ1v) is 7.78. The van der Waals surface area contributed by atoms with Crippen LogP contribution in [0.2, 0.25) is 0 Å². The summed E-state index contributed by atoms with van der Waals surface area (Å²) in [6, 6.07) is 18.8. The van der Waals surface area contributed by atoms with E-state index in [0.29, 0.717) is 5.69 Å². The molecule has 2 heterocycles. The number of aromatic nitrogens is 2. The number of benzene rings is 1. The first-order valence-electron chi connectivity index (χ1n) is 7.78. The maximum absolute atomic E-state index is 12.3. The quantitative estimate of drug-likeness (QED) is 0.731. The SMILES string of the molecule is O=C(Nc1ccccc1NCCc1ccccn1)c1ccccn1. The minimum atomic E-state index is -0.227. The number of hydrogen-bond donors (Lipinski definition) is 2. The molecule has 0 bridgehead atoms. The van der Waals surface area contributed by atoms with Gasteiger partial charge in [-0.2, -0.15) is 0 Å². The van der Waals surface area contributed by atoms with E-state index < -0.39 is 0 Å². The van der Waals surface area contributed by atoms with Crippen molar-refractivity contribution >= 4 is 17.3 Å². The average molecular weight is 318 g/mol. The van der Waals surface area contributed by atoms with E-state index in [0.717, 1.165) is 30.0 Å². The van der Waals surface area contributed by atoms with Crippen LogP contribution in [0.25, 0.3) is 0 Å². The highest BCUT2D eigenvalue weighted by atomic mass is 16.1. The maximum Gasteiger partial charge on any atom is 0.274 e. The van der Waals surface area contributed by atoms with E-state index in [-0.39, 0.29) is 5.91 Å². The molecule has 0 aliphatic heterocycles. The van der Waals surface area contributed by atoms with Crippen molar-refractivity contribution in [3.8, 4) is 0 Å². The number of para-hydroxylation sites is 2. The lowest BCUT2D eigenvalue weighted by molar-refractivity contribution is 0.102. The summed E-state index contributed by atoms with van der Waals surface area (Å²) >= 11 is 0. The molecule has 0 unspecified atom stereocenters. The summed E-state index contributed by atoms with van der Waals surface area (Å²) in [5.74, 6) is -0.227. The van der Waals surface area contributed by atoms with Gasteiger partial charge in [0.25, 0.3) is 5.91 Å². The van der Waals surface area contributed by atoms with Crippen LogP contribution in [-0.2, 0) is 6.42 Å². The van der Waals surface area contributed by atoms with Crippen molar-refractivity contribution in [1.82, 2.24) is 9.97 Å². The Balaban J connectivity index is 1.63. The van der Waals surface area contributed by atoms with Gasteiger partial charge in [-0.3, -0.25) is 14.8 Å². The summed E-state index contributed by atoms with van der Waals surface area (Å²) < 4.78 is 0. The number of carbonyl (C=O) groups is 1. The molecule has 0 saturated heterocycles. The molecule has 0 atom stereocenters. The molecule has 1 amide bonds. The second-order valence-electron chi connectivity index (χ2n) is 5.21. The Hall–Kier alpha value is -3.21. The van der Waals surface area contributed by atoms with Gasteiger partial charge < -0.3 is 10.6 Å². The van der Waals surface area contributed by atoms with Crippen molar-refractivity contribution in [2.75, 3.05) is 17.2 Å². The molecule has 0 radical (unpaired) electrons. The van der Waals surface area contributed by atoms with Gasteiger partial charge in [0.15, 0.2) is 0 Å². The molecule has 0 aliphatic carbocycles. The van der Waals surface area contributed by atoms with Crippen LogP contribution in [0.3, 0.4) is 0 Å². The fraction of sp³-hybridized carbons (Fsp3) is 0.105. The van der Waals surface area contributed by atoms with Crippen molar-refractivity contribution < 1.29 is 4.79 Å². The Morgan fingerprint density at radius 1 is 0.833 bits per heavy atom. The van der Waals surface area contributed by atoms with E-state index in [1.165, 1.54) is 0 Å². The average Bonchev–Trinajstić information content (AvgIpc) is 2.65. The second-order valence-corrected chi connectivity index (χ2v) is 5.21. The maximum atomic E-state index is 12.3. The van der Waals surface area contributed by atoms with Crippen LogP contribution in [0.4, 0.5) is 11.4 Å². The zero-order valence-corrected chi connectivity index (χ0v) is 13.1. The van der Waals surface area contributed by atoms with Gasteiger partial charge in [-0.25, -0.2) is 0 Å². The molecule has 0 spiro atoms. The minimum absolute atomic E-state index is 0.227. The van der Waals surface area contributed by atoms with Crippen LogP contribution in [0, 0.1) is 0 Å². The molecule has 2 N–H and O–H groups in total. The number of rotatable bonds is 6. The first-order chi connectivity index (χ1) is 11.8. The van der Waals surface area contributed by atoms with Crippen molar-refractivity contribution in [2.24, 2.45) is 0 Å². The lowest BCUT2D eigenvalue weighted by atomic mass is 10.2. The van der Waals surface area contributed by atoms with Gasteiger partial charge in [0.2, 0.25) is 0 Å². The Bertz CT molecular complexity index is 791. The third-order valence-corrected chi connectivity index (χ3v) is 3.50. The Labute approximate surface area is 140 Å².